The van der Waals surface area contributed by atoms with Crippen LogP contribution in [0.15, 0.2) is 41.6 Å². The van der Waals surface area contributed by atoms with Crippen molar-refractivity contribution in [3.05, 3.63) is 52.9 Å². The van der Waals surface area contributed by atoms with Gasteiger partial charge >= 0.3 is 0 Å². The van der Waals surface area contributed by atoms with E-state index in [1.807, 2.05) is 0 Å². The molecule has 1 fully saturated rings. The average molecular weight is 365 g/mol. The highest BCUT2D eigenvalue weighted by molar-refractivity contribution is 5.56. The molecule has 0 amide bonds. The Morgan fingerprint density at radius 1 is 1.07 bits per heavy atom. The summed E-state index contributed by atoms with van der Waals surface area (Å²) < 4.78 is 0. The van der Waals surface area contributed by atoms with Crippen molar-refractivity contribution in [3.8, 4) is 0 Å². The normalized spacial score (nSPS) is 22.8. The summed E-state index contributed by atoms with van der Waals surface area (Å²) in [6.07, 6.45) is 14.8. The van der Waals surface area contributed by atoms with E-state index in [-0.39, 0.29) is 0 Å². The lowest BCUT2D eigenvalue weighted by atomic mass is 10.00. The molecular formula is C23H32N4. The van der Waals surface area contributed by atoms with Crippen molar-refractivity contribution in [1.29, 1.82) is 0 Å². The van der Waals surface area contributed by atoms with Crippen molar-refractivity contribution in [3.63, 3.8) is 0 Å². The van der Waals surface area contributed by atoms with Gasteiger partial charge in [-0.25, -0.2) is 4.98 Å². The van der Waals surface area contributed by atoms with E-state index in [1.54, 1.807) is 5.70 Å². The zero-order valence-electron chi connectivity index (χ0n) is 16.5. The SMILES string of the molecule is CC1=C(N2CCN(c3ccc4c(n3)CCC(CCN)C=C4)CC2)CCC=C1. The molecule has 4 heteroatoms. The molecular weight excluding hydrogens is 332 g/mol. The van der Waals surface area contributed by atoms with Crippen LogP contribution in [0.3, 0.4) is 0 Å². The Hall–Kier alpha value is -2.07. The zero-order valence-corrected chi connectivity index (χ0v) is 16.5. The number of nitrogens with two attached hydrogens (primary N) is 1. The van der Waals surface area contributed by atoms with Gasteiger partial charge in [-0.15, -0.1) is 0 Å². The third kappa shape index (κ3) is 4.11. The summed E-state index contributed by atoms with van der Waals surface area (Å²) >= 11 is 0. The first-order chi connectivity index (χ1) is 13.2. The molecule has 4 rings (SSSR count). The van der Waals surface area contributed by atoms with Crippen LogP contribution >= 0.6 is 0 Å². The minimum absolute atomic E-state index is 0.595. The Balaban J connectivity index is 1.42. The van der Waals surface area contributed by atoms with Gasteiger partial charge in [-0.05, 0) is 74.8 Å². The maximum Gasteiger partial charge on any atom is 0.128 e. The minimum Gasteiger partial charge on any atom is -0.371 e. The Labute approximate surface area is 163 Å². The van der Waals surface area contributed by atoms with E-state index in [2.05, 4.69) is 53.2 Å². The summed E-state index contributed by atoms with van der Waals surface area (Å²) in [5.74, 6) is 1.74. The molecule has 0 spiro atoms. The first-order valence-electron chi connectivity index (χ1n) is 10.5. The molecule has 1 saturated heterocycles. The number of aryl methyl sites for hydroxylation is 1. The van der Waals surface area contributed by atoms with Crippen LogP contribution < -0.4 is 10.6 Å². The van der Waals surface area contributed by atoms with Gasteiger partial charge in [0.25, 0.3) is 0 Å². The molecule has 3 aliphatic rings. The largest absolute Gasteiger partial charge is 0.371 e. The molecule has 4 nitrogen and oxygen atoms in total. The highest BCUT2D eigenvalue weighted by Crippen LogP contribution is 2.27. The number of hydrogen-bond acceptors (Lipinski definition) is 4. The van der Waals surface area contributed by atoms with Crippen LogP contribution in [0.25, 0.3) is 6.08 Å². The summed E-state index contributed by atoms with van der Waals surface area (Å²) in [6.45, 7) is 7.31. The first kappa shape index (κ1) is 18.3. The highest BCUT2D eigenvalue weighted by Gasteiger charge is 2.22. The number of pyridine rings is 1. The number of hydrogen-bond donors (Lipinski definition) is 1. The minimum atomic E-state index is 0.595. The van der Waals surface area contributed by atoms with Gasteiger partial charge in [0.2, 0.25) is 0 Å². The van der Waals surface area contributed by atoms with Crippen molar-refractivity contribution in [2.45, 2.75) is 39.0 Å². The van der Waals surface area contributed by atoms with Gasteiger partial charge in [0.05, 0.1) is 5.69 Å². The van der Waals surface area contributed by atoms with E-state index < -0.39 is 0 Å². The second kappa shape index (κ2) is 8.30. The van der Waals surface area contributed by atoms with E-state index in [4.69, 9.17) is 10.7 Å². The Bertz CT molecular complexity index is 754. The number of aromatic nitrogens is 1. The second-order valence-corrected chi connectivity index (χ2v) is 7.99. The van der Waals surface area contributed by atoms with Gasteiger partial charge in [0.15, 0.2) is 0 Å². The summed E-state index contributed by atoms with van der Waals surface area (Å²) in [4.78, 5) is 10.1. The average Bonchev–Trinajstić information content (AvgIpc) is 2.91. The van der Waals surface area contributed by atoms with E-state index in [0.29, 0.717) is 5.92 Å². The second-order valence-electron chi connectivity index (χ2n) is 7.99. The maximum absolute atomic E-state index is 5.74. The molecule has 0 aromatic carbocycles. The van der Waals surface area contributed by atoms with Gasteiger partial charge in [-0.3, -0.25) is 0 Å². The standard InChI is InChI=1S/C23H32N4/c1-18-4-2-3-5-22(18)26-14-16-27(17-15-26)23-11-9-20-8-6-19(12-13-24)7-10-21(20)25-23/h2,4,6,8-9,11,19H,3,5,7,10,12-17,24H2,1H3. The van der Waals surface area contributed by atoms with Crippen molar-refractivity contribution in [1.82, 2.24) is 9.88 Å². The monoisotopic (exact) mass is 364 g/mol. The van der Waals surface area contributed by atoms with Crippen molar-refractivity contribution in [2.24, 2.45) is 11.7 Å². The smallest absolute Gasteiger partial charge is 0.128 e. The van der Waals surface area contributed by atoms with Gasteiger partial charge in [-0.2, -0.15) is 0 Å². The van der Waals surface area contributed by atoms with E-state index in [1.165, 1.54) is 29.7 Å². The first-order valence-corrected chi connectivity index (χ1v) is 10.5. The van der Waals surface area contributed by atoms with Crippen LogP contribution in [-0.4, -0.2) is 42.6 Å². The van der Waals surface area contributed by atoms with Gasteiger partial charge in [0.1, 0.15) is 5.82 Å². The molecule has 1 aromatic rings. The van der Waals surface area contributed by atoms with E-state index >= 15 is 0 Å². The molecule has 2 heterocycles. The summed E-state index contributed by atoms with van der Waals surface area (Å²) in [6, 6.07) is 4.46. The molecule has 1 unspecified atom stereocenters. The van der Waals surface area contributed by atoms with Crippen LogP contribution in [0.2, 0.25) is 0 Å². The quantitative estimate of drug-likeness (QED) is 0.884. The molecule has 144 valence electrons. The zero-order chi connectivity index (χ0) is 18.6. The predicted molar refractivity (Wildman–Crippen MR) is 114 cm³/mol. The topological polar surface area (TPSA) is 45.4 Å². The molecule has 1 aromatic heterocycles. The summed E-state index contributed by atoms with van der Waals surface area (Å²) in [5, 5.41) is 0. The number of allylic oxidation sites excluding steroid dienone is 5. The Morgan fingerprint density at radius 2 is 1.89 bits per heavy atom. The lowest BCUT2D eigenvalue weighted by molar-refractivity contribution is 0.307. The fourth-order valence-corrected chi connectivity index (χ4v) is 4.53. The number of rotatable bonds is 4. The third-order valence-electron chi connectivity index (χ3n) is 6.19. The molecule has 1 aliphatic heterocycles. The fourth-order valence-electron chi connectivity index (χ4n) is 4.53. The molecule has 0 bridgehead atoms. The Morgan fingerprint density at radius 3 is 2.67 bits per heavy atom. The maximum atomic E-state index is 5.74. The number of fused-ring (bicyclic) bond motifs is 1. The van der Waals surface area contributed by atoms with Crippen molar-refractivity contribution < 1.29 is 0 Å². The van der Waals surface area contributed by atoms with Crippen molar-refractivity contribution >= 4 is 11.9 Å². The lowest BCUT2D eigenvalue weighted by Crippen LogP contribution is -2.46. The predicted octanol–water partition coefficient (Wildman–Crippen LogP) is 3.75. The number of anilines is 1. The summed E-state index contributed by atoms with van der Waals surface area (Å²) in [7, 11) is 0. The van der Waals surface area contributed by atoms with Crippen molar-refractivity contribution in [2.75, 3.05) is 37.6 Å². The van der Waals surface area contributed by atoms with Gasteiger partial charge in [0, 0.05) is 31.9 Å². The van der Waals surface area contributed by atoms with Crippen LogP contribution in [-0.2, 0) is 6.42 Å². The lowest BCUT2D eigenvalue weighted by Gasteiger charge is -2.39. The van der Waals surface area contributed by atoms with Crippen LogP contribution in [0, 0.1) is 5.92 Å². The van der Waals surface area contributed by atoms with Crippen LogP contribution in [0.4, 0.5) is 5.82 Å². The van der Waals surface area contributed by atoms with Crippen LogP contribution in [0.1, 0.15) is 43.9 Å². The molecule has 0 saturated carbocycles. The third-order valence-corrected chi connectivity index (χ3v) is 6.19. The van der Waals surface area contributed by atoms with Gasteiger partial charge in [-0.1, -0.05) is 24.3 Å². The fraction of sp³-hybridized carbons (Fsp3) is 0.522. The molecule has 1 atom stereocenters. The summed E-state index contributed by atoms with van der Waals surface area (Å²) in [5.41, 5.74) is 11.3. The van der Waals surface area contributed by atoms with E-state index in [9.17, 15) is 0 Å². The Kier molecular flexibility index (Phi) is 5.63. The molecule has 27 heavy (non-hydrogen) atoms. The molecule has 2 N–H and O–H groups in total. The highest BCUT2D eigenvalue weighted by atomic mass is 15.3. The van der Waals surface area contributed by atoms with Gasteiger partial charge < -0.3 is 15.5 Å². The molecule has 0 radical (unpaired) electrons. The molecule has 2 aliphatic carbocycles. The number of nitrogens with zero attached hydrogens (tertiary/aromatic N) is 3. The van der Waals surface area contributed by atoms with Crippen LogP contribution in [0.5, 0.6) is 0 Å². The van der Waals surface area contributed by atoms with E-state index in [0.717, 1.165) is 57.8 Å². The number of piperazine rings is 1.